The van der Waals surface area contributed by atoms with Crippen LogP contribution in [0.3, 0.4) is 0 Å². The van der Waals surface area contributed by atoms with E-state index in [4.69, 9.17) is 0 Å². The molecule has 0 N–H and O–H groups in total. The van der Waals surface area contributed by atoms with Gasteiger partial charge in [-0.15, -0.1) is 7.92 Å². The van der Waals surface area contributed by atoms with Crippen molar-refractivity contribution in [1.29, 1.82) is 0 Å². The van der Waals surface area contributed by atoms with Crippen LogP contribution in [0, 0.1) is 0 Å². The summed E-state index contributed by atoms with van der Waals surface area (Å²) in [5.74, 6) is 0. The molecule has 1 radical (unpaired) electrons. The van der Waals surface area contributed by atoms with Gasteiger partial charge in [-0.1, -0.05) is 182 Å². The van der Waals surface area contributed by atoms with Gasteiger partial charge in [-0.05, 0) is 92.6 Å². The molecule has 287 valence electrons. The monoisotopic (exact) mass is 874 g/mol. The van der Waals surface area contributed by atoms with Crippen molar-refractivity contribution in [3.8, 4) is 0 Å². The van der Waals surface area contributed by atoms with Crippen LogP contribution in [0.5, 0.6) is 0 Å². The van der Waals surface area contributed by atoms with E-state index in [2.05, 4.69) is 182 Å². The molecule has 0 amide bonds. The van der Waals surface area contributed by atoms with Crippen LogP contribution in [0.25, 0.3) is 0 Å². The Bertz CT molecular complexity index is 1590. The Morgan fingerprint density at radius 2 is 0.426 bits per heavy atom. The van der Waals surface area contributed by atoms with Crippen LogP contribution in [-0.4, -0.2) is 37.0 Å². The van der Waals surface area contributed by atoms with Crippen molar-refractivity contribution in [2.45, 2.75) is 0 Å². The van der Waals surface area contributed by atoms with E-state index in [9.17, 15) is 25.2 Å². The van der Waals surface area contributed by atoms with E-state index in [1.807, 2.05) is 0 Å². The van der Waals surface area contributed by atoms with Gasteiger partial charge in [0.25, 0.3) is 0 Å². The number of halogens is 6. The minimum atomic E-state index is -10.7. The van der Waals surface area contributed by atoms with Gasteiger partial charge in [0.1, 0.15) is 0 Å². The standard InChI is InChI=1S/C42H42P4.Co.F6P/c1-7-19-37(20-8-1)44(38-21-9-2-10-22-38)34-31-43(32-35-45(39-23-11-3-12-24-39)40-25-13-4-14-26-40)33-36-46(41-27-15-5-16-28-41)42-29-17-6-18-30-42;;1-7(2,3,4,5)6/h1-30H,31-36H2;;/q;;-1. The zero-order valence-electron chi connectivity index (χ0n) is 29.4. The molecule has 0 atom stereocenters. The Morgan fingerprint density at radius 3 is 0.574 bits per heavy atom. The van der Waals surface area contributed by atoms with Crippen molar-refractivity contribution in [2.75, 3.05) is 37.0 Å². The molecule has 0 fully saturated rings. The predicted octanol–water partition coefficient (Wildman–Crippen LogP) is 12.2. The number of hydrogen-bond donors (Lipinski definition) is 0. The fourth-order valence-corrected chi connectivity index (χ4v) is 18.0. The van der Waals surface area contributed by atoms with Crippen molar-refractivity contribution in [1.82, 2.24) is 0 Å². The second kappa shape index (κ2) is 20.1. The molecular formula is C42H42CoF6P5-. The molecule has 0 unspecified atom stereocenters. The Morgan fingerprint density at radius 1 is 0.278 bits per heavy atom. The zero-order valence-corrected chi connectivity index (χ0v) is 34.9. The molecule has 0 saturated heterocycles. The molecule has 0 aliphatic rings. The molecule has 0 aliphatic heterocycles. The average molecular weight is 875 g/mol. The fourth-order valence-electron chi connectivity index (χ4n) is 5.93. The molecule has 12 heteroatoms. The SMILES string of the molecule is F[P-](F)(F)(F)(F)F.[Co].c1ccc(P(CCP(CCP(c2ccccc2)c2ccccc2)CCP(c2ccccc2)c2ccccc2)c2ccccc2)cc1. The molecule has 0 heterocycles. The molecule has 54 heavy (non-hydrogen) atoms. The molecular weight excluding hydrogens is 832 g/mol. The second-order valence-electron chi connectivity index (χ2n) is 12.3. The van der Waals surface area contributed by atoms with Crippen molar-refractivity contribution in [3.63, 3.8) is 0 Å². The Labute approximate surface area is 330 Å². The maximum absolute atomic E-state index is 10.7. The molecule has 0 aliphatic carbocycles. The summed E-state index contributed by atoms with van der Waals surface area (Å²) < 4.78 is 59.2. The van der Waals surface area contributed by atoms with Gasteiger partial charge in [-0.3, -0.25) is 0 Å². The summed E-state index contributed by atoms with van der Waals surface area (Å²) >= 11 is 0. The normalized spacial score (nSPS) is 12.8. The summed E-state index contributed by atoms with van der Waals surface area (Å²) in [7, 11) is -12.0. The molecule has 0 spiro atoms. The van der Waals surface area contributed by atoms with E-state index in [1.165, 1.54) is 68.8 Å². The Kier molecular flexibility index (Phi) is 16.5. The van der Waals surface area contributed by atoms with E-state index in [0.717, 1.165) is 0 Å². The largest absolute Gasteiger partial charge is 0.106 e. The smallest absolute Gasteiger partial charge is 0 e. The summed E-state index contributed by atoms with van der Waals surface area (Å²) in [4.78, 5) is 0. The first-order chi connectivity index (χ1) is 25.3. The maximum Gasteiger partial charge on any atom is 0 e. The number of benzene rings is 6. The van der Waals surface area contributed by atoms with E-state index >= 15 is 0 Å². The minimum absolute atomic E-state index is 0. The van der Waals surface area contributed by atoms with E-state index in [1.54, 1.807) is 0 Å². The van der Waals surface area contributed by atoms with E-state index in [0.29, 0.717) is 0 Å². The third kappa shape index (κ3) is 16.3. The summed E-state index contributed by atoms with van der Waals surface area (Å²) in [6.07, 6.45) is 7.76. The topological polar surface area (TPSA) is 0 Å². The van der Waals surface area contributed by atoms with Crippen molar-refractivity contribution >= 4 is 71.3 Å². The van der Waals surface area contributed by atoms with Crippen LogP contribution in [-0.2, 0) is 16.8 Å². The molecule has 6 aromatic carbocycles. The van der Waals surface area contributed by atoms with Crippen LogP contribution in [0.4, 0.5) is 25.2 Å². The van der Waals surface area contributed by atoms with E-state index < -0.39 is 7.81 Å². The summed E-state index contributed by atoms with van der Waals surface area (Å²) in [5, 5.41) is 9.03. The third-order valence-corrected chi connectivity index (χ3v) is 19.5. The quantitative estimate of drug-likeness (QED) is 0.0712. The third-order valence-electron chi connectivity index (χ3n) is 8.33. The Hall–Kier alpha value is -2.44. The van der Waals surface area contributed by atoms with Crippen LogP contribution in [0.15, 0.2) is 182 Å². The first-order valence-electron chi connectivity index (χ1n) is 17.2. The fraction of sp³-hybridized carbons (Fsp3) is 0.143. The van der Waals surface area contributed by atoms with Crippen molar-refractivity contribution < 1.29 is 42.0 Å². The minimum Gasteiger partial charge on any atom is -0.106 e. The zero-order chi connectivity index (χ0) is 37.6. The molecule has 0 bridgehead atoms. The van der Waals surface area contributed by atoms with Gasteiger partial charge in [0.2, 0.25) is 0 Å². The number of rotatable bonds is 15. The van der Waals surface area contributed by atoms with Crippen LogP contribution < -0.4 is 31.8 Å². The van der Waals surface area contributed by atoms with Gasteiger partial charge in [0, 0.05) is 16.8 Å². The van der Waals surface area contributed by atoms with Gasteiger partial charge in [0.15, 0.2) is 0 Å². The van der Waals surface area contributed by atoms with Crippen LogP contribution in [0.2, 0.25) is 0 Å². The van der Waals surface area contributed by atoms with E-state index in [-0.39, 0.29) is 48.5 Å². The predicted molar refractivity (Wildman–Crippen MR) is 227 cm³/mol. The molecule has 0 aromatic heterocycles. The van der Waals surface area contributed by atoms with Gasteiger partial charge < -0.3 is 0 Å². The molecule has 0 nitrogen and oxygen atoms in total. The Balaban J connectivity index is 0.000000741. The first kappa shape index (κ1) is 44.3. The second-order valence-corrected chi connectivity index (χ2v) is 23.9. The first-order valence-corrected chi connectivity index (χ1v) is 25.7. The summed E-state index contributed by atoms with van der Waals surface area (Å²) in [6, 6.07) is 67.8. The van der Waals surface area contributed by atoms with Crippen LogP contribution in [0.1, 0.15) is 0 Å². The van der Waals surface area contributed by atoms with Crippen molar-refractivity contribution in [3.05, 3.63) is 182 Å². The summed E-state index contributed by atoms with van der Waals surface area (Å²) in [5.41, 5.74) is 0. The summed E-state index contributed by atoms with van der Waals surface area (Å²) in [6.45, 7) is 0. The van der Waals surface area contributed by atoms with Gasteiger partial charge >= 0.3 is 33.0 Å². The molecule has 6 aromatic rings. The average Bonchev–Trinajstić information content (AvgIpc) is 3.16. The van der Waals surface area contributed by atoms with Gasteiger partial charge in [-0.25, -0.2) is 0 Å². The van der Waals surface area contributed by atoms with Crippen molar-refractivity contribution in [2.24, 2.45) is 0 Å². The maximum atomic E-state index is 9.87. The van der Waals surface area contributed by atoms with Crippen LogP contribution >= 0.6 is 39.5 Å². The van der Waals surface area contributed by atoms with Gasteiger partial charge in [0.05, 0.1) is 0 Å². The number of hydrogen-bond acceptors (Lipinski definition) is 0. The molecule has 6 rings (SSSR count). The molecule has 0 saturated carbocycles. The van der Waals surface area contributed by atoms with Gasteiger partial charge in [-0.2, -0.15) is 0 Å².